The van der Waals surface area contributed by atoms with Crippen LogP contribution in [0.15, 0.2) is 0 Å². The van der Waals surface area contributed by atoms with Crippen LogP contribution in [0.2, 0.25) is 0 Å². The fraction of sp³-hybridized carbons (Fsp3) is 1.00. The first-order chi connectivity index (χ1) is 3.84. The Morgan fingerprint density at radius 1 is 1.88 bits per heavy atom. The molecule has 2 nitrogen and oxygen atoms in total. The molecule has 0 aromatic heterocycles. The third kappa shape index (κ3) is 0.980. The molecule has 0 spiro atoms. The Bertz CT molecular complexity index is 70.1. The van der Waals surface area contributed by atoms with Crippen LogP contribution < -0.4 is 0 Å². The van der Waals surface area contributed by atoms with Crippen LogP contribution in [0.5, 0.6) is 0 Å². The summed E-state index contributed by atoms with van der Waals surface area (Å²) in [6.07, 6.45) is -0.724. The van der Waals surface area contributed by atoms with E-state index in [0.29, 0.717) is 6.61 Å². The van der Waals surface area contributed by atoms with Gasteiger partial charge < -0.3 is 9.47 Å². The van der Waals surface area contributed by atoms with Gasteiger partial charge in [0.1, 0.15) is 6.10 Å². The zero-order valence-corrected chi connectivity index (χ0v) is 4.76. The molecule has 1 saturated heterocycles. The van der Waals surface area contributed by atoms with Gasteiger partial charge in [-0.05, 0) is 0 Å². The fourth-order valence-corrected chi connectivity index (χ4v) is 0.612. The van der Waals surface area contributed by atoms with Crippen molar-refractivity contribution in [3.05, 3.63) is 0 Å². The highest BCUT2D eigenvalue weighted by atomic mass is 19.1. The van der Waals surface area contributed by atoms with E-state index >= 15 is 0 Å². The molecule has 48 valence electrons. The largest absolute Gasteiger partial charge is 0.372 e. The molecule has 8 heavy (non-hydrogen) atoms. The molecule has 2 atom stereocenters. The molecule has 1 aliphatic heterocycles. The van der Waals surface area contributed by atoms with E-state index < -0.39 is 6.36 Å². The average Bonchev–Trinajstić information content (AvgIpc) is 1.62. The summed E-state index contributed by atoms with van der Waals surface area (Å²) in [7, 11) is 1.34. The zero-order chi connectivity index (χ0) is 5.98. The second-order valence-corrected chi connectivity index (χ2v) is 1.78. The van der Waals surface area contributed by atoms with Crippen LogP contribution in [0.1, 0.15) is 6.42 Å². The molecule has 0 amide bonds. The Morgan fingerprint density at radius 3 is 2.62 bits per heavy atom. The van der Waals surface area contributed by atoms with E-state index in [1.807, 2.05) is 0 Å². The molecule has 1 rings (SSSR count). The second kappa shape index (κ2) is 2.42. The number of ether oxygens (including phenoxy) is 2. The van der Waals surface area contributed by atoms with E-state index in [1.54, 1.807) is 0 Å². The van der Waals surface area contributed by atoms with Crippen molar-refractivity contribution in [3.63, 3.8) is 0 Å². The molecule has 0 saturated carbocycles. The van der Waals surface area contributed by atoms with Gasteiger partial charge in [-0.15, -0.1) is 0 Å². The quantitative estimate of drug-likeness (QED) is 0.534. The van der Waals surface area contributed by atoms with Crippen LogP contribution in [-0.2, 0) is 9.47 Å². The fourth-order valence-electron chi connectivity index (χ4n) is 0.612. The number of methoxy groups -OCH3 is 1. The molecule has 0 N–H and O–H groups in total. The maximum absolute atomic E-state index is 12.2. The highest BCUT2D eigenvalue weighted by Gasteiger charge is 2.27. The zero-order valence-electron chi connectivity index (χ0n) is 4.76. The van der Waals surface area contributed by atoms with Crippen molar-refractivity contribution in [2.45, 2.75) is 18.9 Å². The summed E-state index contributed by atoms with van der Waals surface area (Å²) >= 11 is 0. The summed E-state index contributed by atoms with van der Waals surface area (Å²) in [5.41, 5.74) is 0. The molecule has 0 aromatic carbocycles. The first kappa shape index (κ1) is 5.98. The molecule has 0 aromatic rings. The van der Waals surface area contributed by atoms with Crippen molar-refractivity contribution in [2.24, 2.45) is 0 Å². The summed E-state index contributed by atoms with van der Waals surface area (Å²) in [5.74, 6) is 0. The summed E-state index contributed by atoms with van der Waals surface area (Å²) in [6.45, 7) is 0.675. The molecule has 0 bridgehead atoms. The van der Waals surface area contributed by atoms with Gasteiger partial charge in [0.05, 0.1) is 0 Å². The first-order valence-electron chi connectivity index (χ1n) is 2.63. The smallest absolute Gasteiger partial charge is 0.225 e. The Kier molecular flexibility index (Phi) is 1.81. The van der Waals surface area contributed by atoms with Crippen molar-refractivity contribution >= 4 is 0 Å². The summed E-state index contributed by atoms with van der Waals surface area (Å²) in [5, 5.41) is 0. The van der Waals surface area contributed by atoms with Crippen molar-refractivity contribution < 1.29 is 13.9 Å². The van der Waals surface area contributed by atoms with Crippen molar-refractivity contribution in [1.82, 2.24) is 0 Å². The molecule has 2 unspecified atom stereocenters. The number of halogens is 1. The highest BCUT2D eigenvalue weighted by molar-refractivity contribution is 4.68. The van der Waals surface area contributed by atoms with Crippen LogP contribution >= 0.6 is 0 Å². The van der Waals surface area contributed by atoms with Gasteiger partial charge in [-0.1, -0.05) is 0 Å². The van der Waals surface area contributed by atoms with Crippen molar-refractivity contribution in [3.8, 4) is 0 Å². The van der Waals surface area contributed by atoms with Gasteiger partial charge in [0.2, 0.25) is 6.36 Å². The minimum atomic E-state index is -1.22. The van der Waals surface area contributed by atoms with Gasteiger partial charge in [0.15, 0.2) is 0 Å². The molecule has 3 heteroatoms. The Hall–Kier alpha value is -0.150. The van der Waals surface area contributed by atoms with E-state index in [2.05, 4.69) is 4.74 Å². The first-order valence-corrected chi connectivity index (χ1v) is 2.63. The van der Waals surface area contributed by atoms with Crippen molar-refractivity contribution in [2.75, 3.05) is 13.7 Å². The number of rotatable bonds is 2. The van der Waals surface area contributed by atoms with E-state index in [4.69, 9.17) is 4.74 Å². The van der Waals surface area contributed by atoms with Gasteiger partial charge in [0.25, 0.3) is 0 Å². The van der Waals surface area contributed by atoms with E-state index in [1.165, 1.54) is 7.11 Å². The van der Waals surface area contributed by atoms with E-state index in [0.717, 1.165) is 6.42 Å². The van der Waals surface area contributed by atoms with Crippen molar-refractivity contribution in [1.29, 1.82) is 0 Å². The minimum absolute atomic E-state index is 0.292. The number of hydrogen-bond acceptors (Lipinski definition) is 2. The van der Waals surface area contributed by atoms with Crippen LogP contribution in [0.3, 0.4) is 0 Å². The topological polar surface area (TPSA) is 18.5 Å². The maximum atomic E-state index is 12.2. The predicted molar refractivity (Wildman–Crippen MR) is 26.3 cm³/mol. The summed E-state index contributed by atoms with van der Waals surface area (Å²) < 4.78 is 21.4. The summed E-state index contributed by atoms with van der Waals surface area (Å²) in [4.78, 5) is 0. The Labute approximate surface area is 47.6 Å². The van der Waals surface area contributed by atoms with Crippen LogP contribution in [0, 0.1) is 0 Å². The average molecular weight is 120 g/mol. The molecule has 0 aliphatic carbocycles. The van der Waals surface area contributed by atoms with E-state index in [9.17, 15) is 4.39 Å². The van der Waals surface area contributed by atoms with Crippen LogP contribution in [-0.4, -0.2) is 26.2 Å². The normalized spacial score (nSPS) is 31.5. The second-order valence-electron chi connectivity index (χ2n) is 1.78. The SMILES string of the molecule is COC(F)C1CCO1. The van der Waals surface area contributed by atoms with Gasteiger partial charge >= 0.3 is 0 Å². The third-order valence-electron chi connectivity index (χ3n) is 1.25. The maximum Gasteiger partial charge on any atom is 0.225 e. The molecule has 0 radical (unpaired) electrons. The molecule has 1 aliphatic rings. The monoisotopic (exact) mass is 120 g/mol. The third-order valence-corrected chi connectivity index (χ3v) is 1.25. The highest BCUT2D eigenvalue weighted by Crippen LogP contribution is 2.17. The standard InChI is InChI=1S/C5H9FO2/c1-7-5(6)4-2-3-8-4/h4-5H,2-3H2,1H3. The van der Waals surface area contributed by atoms with Crippen LogP contribution in [0.25, 0.3) is 0 Å². The number of hydrogen-bond donors (Lipinski definition) is 0. The Balaban J connectivity index is 2.13. The predicted octanol–water partition coefficient (Wildman–Crippen LogP) is 0.717. The van der Waals surface area contributed by atoms with Crippen LogP contribution in [0.4, 0.5) is 4.39 Å². The molecule has 1 fully saturated rings. The van der Waals surface area contributed by atoms with Gasteiger partial charge in [0, 0.05) is 20.1 Å². The van der Waals surface area contributed by atoms with Gasteiger partial charge in [-0.3, -0.25) is 0 Å². The lowest BCUT2D eigenvalue weighted by atomic mass is 10.2. The van der Waals surface area contributed by atoms with Gasteiger partial charge in [-0.2, -0.15) is 0 Å². The lowest BCUT2D eigenvalue weighted by molar-refractivity contribution is -0.174. The lowest BCUT2D eigenvalue weighted by Crippen LogP contribution is -2.36. The Morgan fingerprint density at radius 2 is 2.50 bits per heavy atom. The number of alkyl halides is 1. The lowest BCUT2D eigenvalue weighted by Gasteiger charge is -2.27. The molecular weight excluding hydrogens is 111 g/mol. The molecule has 1 heterocycles. The molecular formula is C5H9FO2. The van der Waals surface area contributed by atoms with Gasteiger partial charge in [-0.25, -0.2) is 4.39 Å². The van der Waals surface area contributed by atoms with E-state index in [-0.39, 0.29) is 6.10 Å². The minimum Gasteiger partial charge on any atom is -0.372 e. The summed E-state index contributed by atoms with van der Waals surface area (Å²) in [6, 6.07) is 0.